The second kappa shape index (κ2) is 6.29. The molecular weight excluding hydrogens is 373 g/mol. The number of alkyl halides is 1. The second-order valence-electron chi connectivity index (χ2n) is 4.04. The van der Waals surface area contributed by atoms with E-state index in [9.17, 15) is 8.78 Å². The molecule has 0 saturated carbocycles. The van der Waals surface area contributed by atoms with Gasteiger partial charge in [-0.1, -0.05) is 17.7 Å². The van der Waals surface area contributed by atoms with Gasteiger partial charge in [-0.2, -0.15) is 0 Å². The topological polar surface area (TPSA) is 9.23 Å². The molecule has 0 radical (unpaired) electrons. The first kappa shape index (κ1) is 15.5. The molecule has 6 heteroatoms. The molecule has 0 aliphatic carbocycles. The summed E-state index contributed by atoms with van der Waals surface area (Å²) in [7, 11) is 1.37. The number of halogens is 5. The summed E-state index contributed by atoms with van der Waals surface area (Å²) in [4.78, 5) is 0. The summed E-state index contributed by atoms with van der Waals surface area (Å²) >= 11 is 15.3. The molecule has 0 aromatic heterocycles. The standard InChI is InChI=1S/C14H9BrCl2F2O/c1-20-13-3-2-7(4-12(13)19)14(17)8-5-10(16)9(15)6-11(8)18/h2-6,14H,1H3. The molecule has 0 amide bonds. The molecule has 1 unspecified atom stereocenters. The first-order valence-electron chi connectivity index (χ1n) is 5.56. The summed E-state index contributed by atoms with van der Waals surface area (Å²) in [5.41, 5.74) is 0.603. The maximum atomic E-state index is 13.9. The summed E-state index contributed by atoms with van der Waals surface area (Å²) in [5.74, 6) is -0.969. The molecule has 2 aromatic carbocycles. The van der Waals surface area contributed by atoms with E-state index in [2.05, 4.69) is 15.9 Å². The maximum absolute atomic E-state index is 13.9. The van der Waals surface area contributed by atoms with Gasteiger partial charge in [-0.25, -0.2) is 8.78 Å². The van der Waals surface area contributed by atoms with E-state index in [0.29, 0.717) is 15.1 Å². The van der Waals surface area contributed by atoms with Crippen molar-refractivity contribution >= 4 is 39.1 Å². The zero-order valence-corrected chi connectivity index (χ0v) is 13.4. The quantitative estimate of drug-likeness (QED) is 0.488. The molecular formula is C14H9BrCl2F2O. The average molecular weight is 382 g/mol. The van der Waals surface area contributed by atoms with E-state index in [1.54, 1.807) is 6.07 Å². The smallest absolute Gasteiger partial charge is 0.165 e. The van der Waals surface area contributed by atoms with Gasteiger partial charge in [0.1, 0.15) is 5.82 Å². The van der Waals surface area contributed by atoms with Crippen LogP contribution in [-0.2, 0) is 0 Å². The van der Waals surface area contributed by atoms with Crippen LogP contribution in [0.3, 0.4) is 0 Å². The number of benzene rings is 2. The van der Waals surface area contributed by atoms with Crippen molar-refractivity contribution in [3.63, 3.8) is 0 Å². The summed E-state index contributed by atoms with van der Waals surface area (Å²) in [6, 6.07) is 6.88. The fourth-order valence-electron chi connectivity index (χ4n) is 1.75. The highest BCUT2D eigenvalue weighted by atomic mass is 79.9. The van der Waals surface area contributed by atoms with E-state index in [0.717, 1.165) is 0 Å². The highest BCUT2D eigenvalue weighted by molar-refractivity contribution is 9.10. The van der Waals surface area contributed by atoms with Crippen LogP contribution in [-0.4, -0.2) is 7.11 Å². The van der Waals surface area contributed by atoms with E-state index < -0.39 is 17.0 Å². The van der Waals surface area contributed by atoms with Gasteiger partial charge in [0.2, 0.25) is 0 Å². The van der Waals surface area contributed by atoms with Gasteiger partial charge < -0.3 is 4.74 Å². The van der Waals surface area contributed by atoms with E-state index >= 15 is 0 Å². The van der Waals surface area contributed by atoms with Crippen molar-refractivity contribution in [2.45, 2.75) is 5.38 Å². The van der Waals surface area contributed by atoms with Gasteiger partial charge >= 0.3 is 0 Å². The number of rotatable bonds is 3. The number of hydrogen-bond donors (Lipinski definition) is 0. The van der Waals surface area contributed by atoms with E-state index in [1.807, 2.05) is 0 Å². The van der Waals surface area contributed by atoms with Crippen molar-refractivity contribution in [1.29, 1.82) is 0 Å². The average Bonchev–Trinajstić information content (AvgIpc) is 2.42. The molecule has 0 N–H and O–H groups in total. The Kier molecular flexibility index (Phi) is 4.89. The van der Waals surface area contributed by atoms with Crippen LogP contribution in [0.1, 0.15) is 16.5 Å². The molecule has 106 valence electrons. The highest BCUT2D eigenvalue weighted by Crippen LogP contribution is 2.36. The molecule has 0 aliphatic heterocycles. The Labute approximate surface area is 133 Å². The number of methoxy groups -OCH3 is 1. The Morgan fingerprint density at radius 1 is 1.15 bits per heavy atom. The fraction of sp³-hybridized carbons (Fsp3) is 0.143. The van der Waals surface area contributed by atoms with Crippen molar-refractivity contribution in [3.8, 4) is 5.75 Å². The first-order chi connectivity index (χ1) is 9.43. The van der Waals surface area contributed by atoms with E-state index in [4.69, 9.17) is 27.9 Å². The van der Waals surface area contributed by atoms with Crippen LogP contribution in [0.5, 0.6) is 5.75 Å². The molecule has 1 nitrogen and oxygen atoms in total. The highest BCUT2D eigenvalue weighted by Gasteiger charge is 2.18. The number of hydrogen-bond acceptors (Lipinski definition) is 1. The van der Waals surface area contributed by atoms with Crippen LogP contribution in [0.25, 0.3) is 0 Å². The predicted octanol–water partition coefficient (Wildman–Crippen LogP) is 5.72. The Morgan fingerprint density at radius 2 is 1.85 bits per heavy atom. The van der Waals surface area contributed by atoms with E-state index in [-0.39, 0.29) is 11.3 Å². The molecule has 0 heterocycles. The van der Waals surface area contributed by atoms with Gasteiger partial charge in [0.15, 0.2) is 11.6 Å². The predicted molar refractivity (Wildman–Crippen MR) is 79.8 cm³/mol. The third-order valence-electron chi connectivity index (χ3n) is 2.78. The summed E-state index contributed by atoms with van der Waals surface area (Å²) < 4.78 is 32.8. The minimum atomic E-state index is -0.846. The minimum absolute atomic E-state index is 0.104. The molecule has 2 aromatic rings. The van der Waals surface area contributed by atoms with Crippen LogP contribution in [0.15, 0.2) is 34.8 Å². The van der Waals surface area contributed by atoms with Gasteiger partial charge in [-0.3, -0.25) is 0 Å². The molecule has 0 aliphatic rings. The molecule has 1 atom stereocenters. The Bertz CT molecular complexity index is 649. The zero-order chi connectivity index (χ0) is 14.9. The SMILES string of the molecule is COc1ccc(C(Cl)c2cc(Cl)c(Br)cc2F)cc1F. The van der Waals surface area contributed by atoms with Crippen LogP contribution in [0.4, 0.5) is 8.78 Å². The molecule has 20 heavy (non-hydrogen) atoms. The van der Waals surface area contributed by atoms with E-state index in [1.165, 1.54) is 31.4 Å². The van der Waals surface area contributed by atoms with Crippen molar-refractivity contribution in [2.75, 3.05) is 7.11 Å². The monoisotopic (exact) mass is 380 g/mol. The van der Waals surface area contributed by atoms with Crippen molar-refractivity contribution in [3.05, 3.63) is 62.6 Å². The Balaban J connectivity index is 2.43. The molecule has 0 saturated heterocycles. The fourth-order valence-corrected chi connectivity index (χ4v) is 2.54. The van der Waals surface area contributed by atoms with Crippen LogP contribution >= 0.6 is 39.1 Å². The Hall–Kier alpha value is -0.840. The van der Waals surface area contributed by atoms with Crippen molar-refractivity contribution in [1.82, 2.24) is 0 Å². The second-order valence-corrected chi connectivity index (χ2v) is 5.74. The van der Waals surface area contributed by atoms with Crippen LogP contribution in [0, 0.1) is 11.6 Å². The Morgan fingerprint density at radius 3 is 2.45 bits per heavy atom. The summed E-state index contributed by atoms with van der Waals surface area (Å²) in [6.45, 7) is 0. The van der Waals surface area contributed by atoms with Gasteiger partial charge in [-0.15, -0.1) is 11.6 Å². The third kappa shape index (κ3) is 3.08. The molecule has 2 rings (SSSR count). The van der Waals surface area contributed by atoms with Gasteiger partial charge in [0, 0.05) is 10.0 Å². The largest absolute Gasteiger partial charge is 0.494 e. The lowest BCUT2D eigenvalue weighted by atomic mass is 10.0. The summed E-state index contributed by atoms with van der Waals surface area (Å²) in [5, 5.41) is -0.512. The van der Waals surface area contributed by atoms with Gasteiger partial charge in [-0.05, 0) is 45.8 Å². The van der Waals surface area contributed by atoms with Crippen LogP contribution in [0.2, 0.25) is 5.02 Å². The van der Waals surface area contributed by atoms with Gasteiger partial charge in [0.05, 0.1) is 17.5 Å². The third-order valence-corrected chi connectivity index (χ3v) is 4.47. The van der Waals surface area contributed by atoms with Gasteiger partial charge in [0.25, 0.3) is 0 Å². The molecule has 0 fully saturated rings. The number of ether oxygens (including phenoxy) is 1. The molecule has 0 bridgehead atoms. The van der Waals surface area contributed by atoms with Crippen molar-refractivity contribution < 1.29 is 13.5 Å². The normalized spacial score (nSPS) is 12.3. The lowest BCUT2D eigenvalue weighted by Gasteiger charge is -2.13. The lowest BCUT2D eigenvalue weighted by molar-refractivity contribution is 0.386. The maximum Gasteiger partial charge on any atom is 0.165 e. The minimum Gasteiger partial charge on any atom is -0.494 e. The molecule has 0 spiro atoms. The van der Waals surface area contributed by atoms with Crippen LogP contribution < -0.4 is 4.74 Å². The first-order valence-corrected chi connectivity index (χ1v) is 7.16. The summed E-state index contributed by atoms with van der Waals surface area (Å²) in [6.07, 6.45) is 0. The van der Waals surface area contributed by atoms with Crippen molar-refractivity contribution in [2.24, 2.45) is 0 Å². The zero-order valence-electron chi connectivity index (χ0n) is 10.3. The lowest BCUT2D eigenvalue weighted by Crippen LogP contribution is -1.99.